The summed E-state index contributed by atoms with van der Waals surface area (Å²) in [6.07, 6.45) is 6.97. The van der Waals surface area contributed by atoms with Crippen molar-refractivity contribution in [1.82, 2.24) is 9.80 Å². The molecule has 1 fully saturated rings. The van der Waals surface area contributed by atoms with E-state index >= 15 is 0 Å². The third kappa shape index (κ3) is 4.88. The van der Waals surface area contributed by atoms with Crippen molar-refractivity contribution in [1.29, 1.82) is 5.26 Å². The number of amides is 1. The maximum Gasteiger partial charge on any atom is 0.239 e. The van der Waals surface area contributed by atoms with E-state index in [-0.39, 0.29) is 11.3 Å². The molecule has 0 aromatic carbocycles. The molecule has 0 radical (unpaired) electrons. The van der Waals surface area contributed by atoms with Gasteiger partial charge >= 0.3 is 0 Å². The van der Waals surface area contributed by atoms with Gasteiger partial charge in [0.15, 0.2) is 0 Å². The fourth-order valence-corrected chi connectivity index (χ4v) is 5.57. The minimum Gasteiger partial charge on any atom is -0.462 e. The summed E-state index contributed by atoms with van der Waals surface area (Å²) >= 11 is 1.54. The molecule has 1 aliphatic heterocycles. The summed E-state index contributed by atoms with van der Waals surface area (Å²) in [4.78, 5) is 18.3. The number of furan rings is 1. The van der Waals surface area contributed by atoms with E-state index in [9.17, 15) is 10.1 Å². The number of rotatable bonds is 5. The van der Waals surface area contributed by atoms with Gasteiger partial charge in [-0.25, -0.2) is 0 Å². The van der Waals surface area contributed by atoms with Crippen LogP contribution in [0.25, 0.3) is 12.2 Å². The van der Waals surface area contributed by atoms with Gasteiger partial charge < -0.3 is 14.6 Å². The molecule has 0 saturated carbocycles. The Morgan fingerprint density at radius 3 is 2.69 bits per heavy atom. The second-order valence-corrected chi connectivity index (χ2v) is 10.4. The number of hydrogen-bond donors (Lipinski definition) is 1. The molecule has 7 heteroatoms. The number of carbonyl (C=O) groups is 1. The Kier molecular flexibility index (Phi) is 6.38. The number of nitriles is 1. The Balaban J connectivity index is 1.55. The van der Waals surface area contributed by atoms with Gasteiger partial charge in [-0.1, -0.05) is 19.9 Å². The molecule has 32 heavy (non-hydrogen) atoms. The topological polar surface area (TPSA) is 72.5 Å². The van der Waals surface area contributed by atoms with Gasteiger partial charge in [0.25, 0.3) is 0 Å². The van der Waals surface area contributed by atoms with Crippen molar-refractivity contribution in [2.75, 3.05) is 45.1 Å². The van der Waals surface area contributed by atoms with Gasteiger partial charge in [0.2, 0.25) is 5.91 Å². The van der Waals surface area contributed by atoms with E-state index in [1.54, 1.807) is 0 Å². The summed E-state index contributed by atoms with van der Waals surface area (Å²) in [6.45, 7) is 10.4. The number of piperazine rings is 1. The zero-order valence-corrected chi connectivity index (χ0v) is 20.0. The zero-order chi connectivity index (χ0) is 22.9. The number of nitrogens with zero attached hydrogens (tertiary/aromatic N) is 3. The molecule has 1 aliphatic carbocycles. The number of anilines is 1. The van der Waals surface area contributed by atoms with Gasteiger partial charge in [-0.05, 0) is 50.3 Å². The lowest BCUT2D eigenvalue weighted by Crippen LogP contribution is -2.47. The predicted molar refractivity (Wildman–Crippen MR) is 130 cm³/mol. The Labute approximate surface area is 193 Å². The van der Waals surface area contributed by atoms with Gasteiger partial charge in [-0.2, -0.15) is 5.26 Å². The van der Waals surface area contributed by atoms with E-state index < -0.39 is 0 Å². The standard InChI is InChI=1S/C25H30N4O2S/c1-17-5-7-19(31-17)8-6-18-13-20-21(15-26)24(32-23(20)25(2,3)14-18)27-22(30)16-29-11-9-28(4)10-12-29/h5-8,13H,9-12,14,16H2,1-4H3,(H,27,30)/b8-6+. The maximum atomic E-state index is 12.7. The maximum absolute atomic E-state index is 12.7. The van der Waals surface area contributed by atoms with Gasteiger partial charge in [0.05, 0.1) is 12.1 Å². The quantitative estimate of drug-likeness (QED) is 0.727. The summed E-state index contributed by atoms with van der Waals surface area (Å²) in [7, 11) is 2.10. The zero-order valence-electron chi connectivity index (χ0n) is 19.2. The van der Waals surface area contributed by atoms with E-state index in [1.165, 1.54) is 11.3 Å². The fraction of sp³-hybridized carbons (Fsp3) is 0.440. The minimum absolute atomic E-state index is 0.0558. The molecule has 0 unspecified atom stereocenters. The lowest BCUT2D eigenvalue weighted by atomic mass is 9.77. The third-order valence-electron chi connectivity index (χ3n) is 6.09. The van der Waals surface area contributed by atoms with Crippen LogP contribution in [-0.4, -0.2) is 55.5 Å². The number of allylic oxidation sites excluding steroid dienone is 2. The first-order chi connectivity index (χ1) is 15.2. The van der Waals surface area contributed by atoms with Crippen LogP contribution in [0.1, 0.15) is 47.8 Å². The summed E-state index contributed by atoms with van der Waals surface area (Å²) in [5.74, 6) is 1.64. The SMILES string of the molecule is Cc1ccc(/C=C/C2=Cc3c(sc(NC(=O)CN4CCN(C)CC4)c3C#N)C(C)(C)C2)o1. The van der Waals surface area contributed by atoms with Crippen LogP contribution >= 0.6 is 11.3 Å². The second kappa shape index (κ2) is 9.07. The molecule has 3 heterocycles. The van der Waals surface area contributed by atoms with Crippen molar-refractivity contribution in [3.63, 3.8) is 0 Å². The molecular weight excluding hydrogens is 420 g/mol. The monoisotopic (exact) mass is 450 g/mol. The van der Waals surface area contributed by atoms with Crippen LogP contribution in [0.15, 0.2) is 28.2 Å². The molecule has 1 amide bonds. The molecule has 2 aliphatic rings. The van der Waals surface area contributed by atoms with E-state index in [2.05, 4.69) is 54.2 Å². The van der Waals surface area contributed by atoms with Gasteiger partial charge in [0.1, 0.15) is 22.6 Å². The highest BCUT2D eigenvalue weighted by molar-refractivity contribution is 7.17. The summed E-state index contributed by atoms with van der Waals surface area (Å²) in [6, 6.07) is 6.24. The van der Waals surface area contributed by atoms with E-state index in [0.29, 0.717) is 17.1 Å². The molecule has 0 atom stereocenters. The Bertz CT molecular complexity index is 1110. The predicted octanol–water partition coefficient (Wildman–Crippen LogP) is 4.49. The number of fused-ring (bicyclic) bond motifs is 1. The number of nitrogens with one attached hydrogen (secondary N) is 1. The highest BCUT2D eigenvalue weighted by Crippen LogP contribution is 2.47. The Morgan fingerprint density at radius 1 is 1.28 bits per heavy atom. The molecule has 2 aromatic rings. The molecule has 6 nitrogen and oxygen atoms in total. The summed E-state index contributed by atoms with van der Waals surface area (Å²) in [5, 5.41) is 13.6. The highest BCUT2D eigenvalue weighted by Gasteiger charge is 2.33. The van der Waals surface area contributed by atoms with Crippen LogP contribution in [0, 0.1) is 18.3 Å². The van der Waals surface area contributed by atoms with Crippen molar-refractivity contribution in [2.24, 2.45) is 0 Å². The van der Waals surface area contributed by atoms with Crippen LogP contribution in [0.4, 0.5) is 5.00 Å². The third-order valence-corrected chi connectivity index (χ3v) is 7.57. The second-order valence-electron chi connectivity index (χ2n) is 9.35. The lowest BCUT2D eigenvalue weighted by Gasteiger charge is -2.31. The first kappa shape index (κ1) is 22.5. The number of likely N-dealkylation sites (N-methyl/N-ethyl adjacent to an activating group) is 1. The average Bonchev–Trinajstić information content (AvgIpc) is 3.31. The molecule has 1 saturated heterocycles. The van der Waals surface area contributed by atoms with Gasteiger partial charge in [-0.15, -0.1) is 11.3 Å². The fourth-order valence-electron chi connectivity index (χ4n) is 4.32. The molecule has 1 N–H and O–H groups in total. The van der Waals surface area contributed by atoms with Crippen LogP contribution < -0.4 is 5.32 Å². The largest absolute Gasteiger partial charge is 0.462 e. The Hall–Kier alpha value is -2.66. The normalized spacial score (nSPS) is 18.9. The van der Waals surface area contributed by atoms with Crippen LogP contribution in [0.3, 0.4) is 0 Å². The number of carbonyl (C=O) groups excluding carboxylic acids is 1. The highest BCUT2D eigenvalue weighted by atomic mass is 32.1. The first-order valence-electron chi connectivity index (χ1n) is 11.0. The number of thiophene rings is 1. The van der Waals surface area contributed by atoms with E-state index in [0.717, 1.165) is 60.1 Å². The smallest absolute Gasteiger partial charge is 0.239 e. The molecule has 0 bridgehead atoms. The van der Waals surface area contributed by atoms with Crippen molar-refractivity contribution in [3.8, 4) is 6.07 Å². The molecule has 0 spiro atoms. The van der Waals surface area contributed by atoms with Gasteiger partial charge in [0, 0.05) is 42.0 Å². The minimum atomic E-state index is -0.125. The summed E-state index contributed by atoms with van der Waals surface area (Å²) < 4.78 is 5.64. The van der Waals surface area contributed by atoms with Crippen LogP contribution in [0.5, 0.6) is 0 Å². The van der Waals surface area contributed by atoms with Crippen molar-refractivity contribution in [3.05, 3.63) is 51.3 Å². The molecule has 4 rings (SSSR count). The van der Waals surface area contributed by atoms with Crippen LogP contribution in [-0.2, 0) is 10.2 Å². The number of aryl methyl sites for hydroxylation is 1. The van der Waals surface area contributed by atoms with Gasteiger partial charge in [-0.3, -0.25) is 9.69 Å². The van der Waals surface area contributed by atoms with Crippen molar-refractivity contribution < 1.29 is 9.21 Å². The molecule has 168 valence electrons. The van der Waals surface area contributed by atoms with E-state index in [4.69, 9.17) is 4.42 Å². The van der Waals surface area contributed by atoms with Crippen molar-refractivity contribution in [2.45, 2.75) is 32.6 Å². The Morgan fingerprint density at radius 2 is 2.03 bits per heavy atom. The molecule has 2 aromatic heterocycles. The lowest BCUT2D eigenvalue weighted by molar-refractivity contribution is -0.117. The number of hydrogen-bond acceptors (Lipinski definition) is 6. The van der Waals surface area contributed by atoms with Crippen molar-refractivity contribution >= 4 is 34.4 Å². The average molecular weight is 451 g/mol. The molecular formula is C25H30N4O2S. The first-order valence-corrected chi connectivity index (χ1v) is 11.8. The summed E-state index contributed by atoms with van der Waals surface area (Å²) in [5.41, 5.74) is 2.50. The van der Waals surface area contributed by atoms with E-state index in [1.807, 2.05) is 25.1 Å². The van der Waals surface area contributed by atoms with Crippen LogP contribution in [0.2, 0.25) is 0 Å².